The second-order valence-corrected chi connectivity index (χ2v) is 5.76. The molecule has 110 valence electrons. The van der Waals surface area contributed by atoms with Gasteiger partial charge in [-0.25, -0.2) is 0 Å². The average molecular weight is 412 g/mol. The first-order valence-electron chi connectivity index (χ1n) is 5.85. The van der Waals surface area contributed by atoms with Crippen molar-refractivity contribution < 1.29 is 19.1 Å². The molecule has 1 amide bonds. The van der Waals surface area contributed by atoms with Crippen LogP contribution in [0, 0.1) is 3.57 Å². The molecule has 0 atom stereocenters. The highest BCUT2D eigenvalue weighted by molar-refractivity contribution is 14.1. The zero-order chi connectivity index (χ0) is 15.3. The van der Waals surface area contributed by atoms with Crippen LogP contribution in [0.3, 0.4) is 0 Å². The average Bonchev–Trinajstić information content (AvgIpc) is 2.37. The molecule has 0 heterocycles. The van der Waals surface area contributed by atoms with E-state index in [-0.39, 0.29) is 18.2 Å². The number of amides is 1. The summed E-state index contributed by atoms with van der Waals surface area (Å²) in [5.74, 6) is -0.543. The molecule has 0 aliphatic carbocycles. The molecule has 0 radical (unpaired) electrons. The Bertz CT molecular complexity index is 519. The highest BCUT2D eigenvalue weighted by Gasteiger charge is 2.16. The fourth-order valence-electron chi connectivity index (χ4n) is 1.43. The van der Waals surface area contributed by atoms with Crippen molar-refractivity contribution in [2.75, 3.05) is 13.7 Å². The molecule has 5 nitrogen and oxygen atoms in total. The Morgan fingerprint density at radius 1 is 1.40 bits per heavy atom. The lowest BCUT2D eigenvalue weighted by Crippen LogP contribution is -2.32. The number of ether oxygens (including phenoxy) is 2. The highest BCUT2D eigenvalue weighted by atomic mass is 127. The molecular weight excluding hydrogens is 397 g/mol. The molecule has 0 unspecified atom stereocenters. The summed E-state index contributed by atoms with van der Waals surface area (Å²) in [7, 11) is 1.46. The Kier molecular flexibility index (Phi) is 6.54. The van der Waals surface area contributed by atoms with Crippen LogP contribution in [0.15, 0.2) is 12.1 Å². The van der Waals surface area contributed by atoms with Crippen molar-refractivity contribution in [1.29, 1.82) is 0 Å². The summed E-state index contributed by atoms with van der Waals surface area (Å²) in [6.45, 7) is 3.27. The van der Waals surface area contributed by atoms with Crippen molar-refractivity contribution in [1.82, 2.24) is 5.32 Å². The molecule has 0 aliphatic heterocycles. The van der Waals surface area contributed by atoms with E-state index in [0.717, 1.165) is 3.57 Å². The summed E-state index contributed by atoms with van der Waals surface area (Å²) in [6.07, 6.45) is -0.221. The predicted molar refractivity (Wildman–Crippen MR) is 84.3 cm³/mol. The fourth-order valence-corrected chi connectivity index (χ4v) is 2.03. The number of rotatable bonds is 5. The SMILES string of the molecule is COc1cc(I)c(Cl)cc1C(=O)NCC(=O)OC(C)C. The number of esters is 1. The number of hydrogen-bond donors (Lipinski definition) is 1. The standard InChI is InChI=1S/C13H15ClINO4/c1-7(2)20-12(17)6-16-13(18)8-4-9(14)10(15)5-11(8)19-3/h4-5,7H,6H2,1-3H3,(H,16,18). The number of halogens is 2. The molecule has 0 bridgehead atoms. The van der Waals surface area contributed by atoms with Gasteiger partial charge in [0.25, 0.3) is 5.91 Å². The van der Waals surface area contributed by atoms with E-state index in [1.807, 2.05) is 22.6 Å². The lowest BCUT2D eigenvalue weighted by molar-refractivity contribution is -0.146. The van der Waals surface area contributed by atoms with Crippen molar-refractivity contribution in [3.63, 3.8) is 0 Å². The molecule has 1 N–H and O–H groups in total. The largest absolute Gasteiger partial charge is 0.496 e. The van der Waals surface area contributed by atoms with Gasteiger partial charge in [-0.2, -0.15) is 0 Å². The van der Waals surface area contributed by atoms with Crippen LogP contribution in [0.25, 0.3) is 0 Å². The van der Waals surface area contributed by atoms with Crippen LogP contribution < -0.4 is 10.1 Å². The van der Waals surface area contributed by atoms with Gasteiger partial charge in [0, 0.05) is 3.57 Å². The van der Waals surface area contributed by atoms with Gasteiger partial charge >= 0.3 is 5.97 Å². The van der Waals surface area contributed by atoms with Crippen molar-refractivity contribution in [2.24, 2.45) is 0 Å². The van der Waals surface area contributed by atoms with E-state index in [4.69, 9.17) is 21.1 Å². The lowest BCUT2D eigenvalue weighted by atomic mass is 10.2. The van der Waals surface area contributed by atoms with Gasteiger partial charge in [0.2, 0.25) is 0 Å². The van der Waals surface area contributed by atoms with Crippen molar-refractivity contribution in [2.45, 2.75) is 20.0 Å². The summed E-state index contributed by atoms with van der Waals surface area (Å²) >= 11 is 8.02. The lowest BCUT2D eigenvalue weighted by Gasteiger charge is -2.11. The number of hydrogen-bond acceptors (Lipinski definition) is 4. The van der Waals surface area contributed by atoms with Crippen LogP contribution in [-0.2, 0) is 9.53 Å². The summed E-state index contributed by atoms with van der Waals surface area (Å²) in [6, 6.07) is 3.16. The van der Waals surface area contributed by atoms with E-state index in [1.54, 1.807) is 19.9 Å². The zero-order valence-corrected chi connectivity index (χ0v) is 14.2. The van der Waals surface area contributed by atoms with E-state index in [9.17, 15) is 9.59 Å². The first-order valence-corrected chi connectivity index (χ1v) is 7.31. The Labute approximate surface area is 136 Å². The normalized spacial score (nSPS) is 10.3. The first-order chi connectivity index (χ1) is 9.35. The fraction of sp³-hybridized carbons (Fsp3) is 0.385. The van der Waals surface area contributed by atoms with Gasteiger partial charge in [0.1, 0.15) is 12.3 Å². The molecular formula is C13H15ClINO4. The second kappa shape index (κ2) is 7.68. The molecule has 1 aromatic rings. The molecule has 0 spiro atoms. The molecule has 1 rings (SSSR count). The van der Waals surface area contributed by atoms with Crippen molar-refractivity contribution in [3.8, 4) is 5.75 Å². The third-order valence-electron chi connectivity index (χ3n) is 2.25. The quantitative estimate of drug-likeness (QED) is 0.598. The monoisotopic (exact) mass is 411 g/mol. The Morgan fingerprint density at radius 3 is 2.60 bits per heavy atom. The number of nitrogens with one attached hydrogen (secondary N) is 1. The number of methoxy groups -OCH3 is 1. The molecule has 0 aromatic heterocycles. The van der Waals surface area contributed by atoms with E-state index in [1.165, 1.54) is 13.2 Å². The molecule has 0 saturated heterocycles. The number of carbonyl (C=O) groups excluding carboxylic acids is 2. The molecule has 7 heteroatoms. The minimum atomic E-state index is -0.496. The van der Waals surface area contributed by atoms with Gasteiger partial charge in [0.05, 0.1) is 23.8 Å². The summed E-state index contributed by atoms with van der Waals surface area (Å²) in [4.78, 5) is 23.4. The molecule has 1 aromatic carbocycles. The highest BCUT2D eigenvalue weighted by Crippen LogP contribution is 2.28. The third kappa shape index (κ3) is 4.82. The van der Waals surface area contributed by atoms with Crippen LogP contribution in [0.2, 0.25) is 5.02 Å². The maximum atomic E-state index is 12.0. The summed E-state index contributed by atoms with van der Waals surface area (Å²) in [5.41, 5.74) is 0.273. The predicted octanol–water partition coefficient (Wildman–Crippen LogP) is 2.63. The van der Waals surface area contributed by atoms with Gasteiger partial charge in [-0.15, -0.1) is 0 Å². The van der Waals surface area contributed by atoms with E-state index in [0.29, 0.717) is 10.8 Å². The van der Waals surface area contributed by atoms with Crippen LogP contribution in [0.5, 0.6) is 5.75 Å². The van der Waals surface area contributed by atoms with Crippen LogP contribution in [0.1, 0.15) is 24.2 Å². The Hall–Kier alpha value is -1.02. The van der Waals surface area contributed by atoms with E-state index in [2.05, 4.69) is 5.32 Å². The topological polar surface area (TPSA) is 64.6 Å². The molecule has 20 heavy (non-hydrogen) atoms. The minimum Gasteiger partial charge on any atom is -0.496 e. The van der Waals surface area contributed by atoms with E-state index >= 15 is 0 Å². The second-order valence-electron chi connectivity index (χ2n) is 4.19. The van der Waals surface area contributed by atoms with Crippen LogP contribution >= 0.6 is 34.2 Å². The van der Waals surface area contributed by atoms with Crippen LogP contribution in [0.4, 0.5) is 0 Å². The van der Waals surface area contributed by atoms with Gasteiger partial charge < -0.3 is 14.8 Å². The zero-order valence-electron chi connectivity index (χ0n) is 11.3. The number of benzene rings is 1. The molecule has 0 saturated carbocycles. The smallest absolute Gasteiger partial charge is 0.325 e. The Balaban J connectivity index is 2.77. The van der Waals surface area contributed by atoms with Crippen molar-refractivity contribution in [3.05, 3.63) is 26.3 Å². The molecule has 0 fully saturated rings. The minimum absolute atomic E-state index is 0.205. The maximum Gasteiger partial charge on any atom is 0.325 e. The first kappa shape index (κ1) is 17.0. The maximum absolute atomic E-state index is 12.0. The third-order valence-corrected chi connectivity index (χ3v) is 3.77. The summed E-state index contributed by atoms with van der Waals surface area (Å²) in [5, 5.41) is 2.92. The van der Waals surface area contributed by atoms with Crippen molar-refractivity contribution >= 4 is 46.1 Å². The van der Waals surface area contributed by atoms with Gasteiger partial charge in [-0.3, -0.25) is 9.59 Å². The Morgan fingerprint density at radius 2 is 2.05 bits per heavy atom. The molecule has 0 aliphatic rings. The van der Waals surface area contributed by atoms with Gasteiger partial charge in [-0.1, -0.05) is 11.6 Å². The van der Waals surface area contributed by atoms with Crippen LogP contribution in [-0.4, -0.2) is 31.6 Å². The van der Waals surface area contributed by atoms with E-state index < -0.39 is 11.9 Å². The summed E-state index contributed by atoms with van der Waals surface area (Å²) < 4.78 is 10.8. The van der Waals surface area contributed by atoms with Gasteiger partial charge in [0.15, 0.2) is 0 Å². The van der Waals surface area contributed by atoms with Gasteiger partial charge in [-0.05, 0) is 48.6 Å². The number of carbonyl (C=O) groups is 2.